The highest BCUT2D eigenvalue weighted by molar-refractivity contribution is 5.20. The van der Waals surface area contributed by atoms with Crippen molar-refractivity contribution >= 4 is 0 Å². The van der Waals surface area contributed by atoms with Crippen molar-refractivity contribution in [3.8, 4) is 0 Å². The molecule has 0 saturated heterocycles. The third-order valence-corrected chi connectivity index (χ3v) is 1.76. The van der Waals surface area contributed by atoms with Crippen LogP contribution in [0.3, 0.4) is 0 Å². The predicted octanol–water partition coefficient (Wildman–Crippen LogP) is 2.10. The molecule has 0 aliphatic rings. The normalized spacial score (nSPS) is 11.8. The van der Waals surface area contributed by atoms with Crippen LogP contribution in [0.1, 0.15) is 5.56 Å². The van der Waals surface area contributed by atoms with E-state index >= 15 is 0 Å². The van der Waals surface area contributed by atoms with Crippen LogP contribution >= 0.6 is 0 Å². The third-order valence-electron chi connectivity index (χ3n) is 1.76. The highest BCUT2D eigenvalue weighted by Crippen LogP contribution is 2.21. The molecule has 0 fully saturated rings. The molecule has 0 bridgehead atoms. The largest absolute Gasteiger partial charge is 0.325 e. The summed E-state index contributed by atoms with van der Waals surface area (Å²) in [7, 11) is 0. The van der Waals surface area contributed by atoms with Gasteiger partial charge in [-0.25, -0.2) is 17.6 Å². The summed E-state index contributed by atoms with van der Waals surface area (Å²) in [6.45, 7) is -0.886. The van der Waals surface area contributed by atoms with Crippen molar-refractivity contribution in [1.82, 2.24) is 0 Å². The van der Waals surface area contributed by atoms with Crippen LogP contribution in [-0.2, 0) is 6.42 Å². The fourth-order valence-corrected chi connectivity index (χ4v) is 1.03. The molecule has 1 nitrogen and oxygen atoms in total. The van der Waals surface area contributed by atoms with Gasteiger partial charge in [0.1, 0.15) is 11.6 Å². The van der Waals surface area contributed by atoms with Gasteiger partial charge in [0, 0.05) is 6.42 Å². The summed E-state index contributed by atoms with van der Waals surface area (Å²) in [5.41, 5.74) is 4.42. The summed E-state index contributed by atoms with van der Waals surface area (Å²) in [6.07, 6.45) is -0.882. The first-order chi connectivity index (χ1) is 6.44. The molecule has 1 aromatic rings. The summed E-state index contributed by atoms with van der Waals surface area (Å²) in [5.74, 6) is -4.79. The van der Waals surface area contributed by atoms with Crippen molar-refractivity contribution in [2.75, 3.05) is 6.54 Å². The molecular weight excluding hydrogens is 198 g/mol. The zero-order chi connectivity index (χ0) is 10.8. The van der Waals surface area contributed by atoms with E-state index in [4.69, 9.17) is 5.73 Å². The van der Waals surface area contributed by atoms with Crippen molar-refractivity contribution < 1.29 is 17.6 Å². The Kier molecular flexibility index (Phi) is 3.10. The van der Waals surface area contributed by atoms with E-state index in [9.17, 15) is 17.6 Å². The van der Waals surface area contributed by atoms with Crippen molar-refractivity contribution in [3.63, 3.8) is 0 Å². The number of hydrogen-bond donors (Lipinski definition) is 1. The van der Waals surface area contributed by atoms with Crippen molar-refractivity contribution in [1.29, 1.82) is 0 Å². The zero-order valence-electron chi connectivity index (χ0n) is 7.24. The zero-order valence-corrected chi connectivity index (χ0v) is 7.24. The monoisotopic (exact) mass is 207 g/mol. The molecule has 0 aliphatic carbocycles. The van der Waals surface area contributed by atoms with Crippen LogP contribution in [-0.4, -0.2) is 12.5 Å². The number of halogens is 4. The van der Waals surface area contributed by atoms with Crippen LogP contribution in [0.2, 0.25) is 0 Å². The fraction of sp³-hybridized carbons (Fsp3) is 0.333. The first kappa shape index (κ1) is 11.0. The van der Waals surface area contributed by atoms with Gasteiger partial charge >= 0.3 is 0 Å². The maximum Gasteiger partial charge on any atom is 0.264 e. The van der Waals surface area contributed by atoms with Crippen LogP contribution in [0, 0.1) is 11.6 Å². The molecule has 0 atom stereocenters. The fourth-order valence-electron chi connectivity index (χ4n) is 1.03. The maximum atomic E-state index is 12.9. The van der Waals surface area contributed by atoms with E-state index in [0.29, 0.717) is 0 Å². The van der Waals surface area contributed by atoms with Gasteiger partial charge in [-0.3, -0.25) is 0 Å². The number of alkyl halides is 2. The molecule has 2 N–H and O–H groups in total. The van der Waals surface area contributed by atoms with Crippen LogP contribution in [0.25, 0.3) is 0 Å². The standard InChI is InChI=1S/C9H9F4N/c10-7-1-2-8(11)6(3-7)4-9(12,13)5-14/h1-3H,4-5,14H2. The Hall–Kier alpha value is -1.10. The maximum absolute atomic E-state index is 12.9. The van der Waals surface area contributed by atoms with Crippen LogP contribution in [0.4, 0.5) is 17.6 Å². The van der Waals surface area contributed by atoms with E-state index in [-0.39, 0.29) is 5.56 Å². The molecule has 0 radical (unpaired) electrons. The quantitative estimate of drug-likeness (QED) is 0.754. The molecule has 0 spiro atoms. The van der Waals surface area contributed by atoms with E-state index < -0.39 is 30.5 Å². The Balaban J connectivity index is 2.91. The van der Waals surface area contributed by atoms with Gasteiger partial charge < -0.3 is 5.73 Å². The second-order valence-corrected chi connectivity index (χ2v) is 2.97. The number of rotatable bonds is 3. The van der Waals surface area contributed by atoms with Gasteiger partial charge in [-0.1, -0.05) is 0 Å². The highest BCUT2D eigenvalue weighted by Gasteiger charge is 2.28. The molecule has 78 valence electrons. The number of hydrogen-bond acceptors (Lipinski definition) is 1. The molecule has 1 aromatic carbocycles. The SMILES string of the molecule is NCC(F)(F)Cc1cc(F)ccc1F. The molecule has 0 saturated carbocycles. The number of nitrogens with two attached hydrogens (primary N) is 1. The lowest BCUT2D eigenvalue weighted by Gasteiger charge is -2.13. The van der Waals surface area contributed by atoms with E-state index in [1.54, 1.807) is 0 Å². The molecule has 0 amide bonds. The number of benzene rings is 1. The minimum atomic E-state index is -3.20. The summed E-state index contributed by atoms with van der Waals surface area (Å²) >= 11 is 0. The molecule has 0 heterocycles. The first-order valence-corrected chi connectivity index (χ1v) is 3.96. The molecule has 0 aliphatic heterocycles. The lowest BCUT2D eigenvalue weighted by Crippen LogP contribution is -2.30. The van der Waals surface area contributed by atoms with Crippen molar-refractivity contribution in [3.05, 3.63) is 35.4 Å². The smallest absolute Gasteiger partial charge is 0.264 e. The minimum Gasteiger partial charge on any atom is -0.325 e. The Bertz CT molecular complexity index is 325. The molecule has 5 heteroatoms. The van der Waals surface area contributed by atoms with E-state index in [1.807, 2.05) is 0 Å². The van der Waals surface area contributed by atoms with Gasteiger partial charge in [-0.15, -0.1) is 0 Å². The summed E-state index contributed by atoms with van der Waals surface area (Å²) < 4.78 is 51.0. The Morgan fingerprint density at radius 1 is 1.21 bits per heavy atom. The highest BCUT2D eigenvalue weighted by atomic mass is 19.3. The summed E-state index contributed by atoms with van der Waals surface area (Å²) in [6, 6.07) is 2.44. The van der Waals surface area contributed by atoms with Crippen molar-refractivity contribution in [2.45, 2.75) is 12.3 Å². The van der Waals surface area contributed by atoms with Gasteiger partial charge in [0.2, 0.25) is 0 Å². The first-order valence-electron chi connectivity index (χ1n) is 3.96. The van der Waals surface area contributed by atoms with Crippen LogP contribution < -0.4 is 5.73 Å². The third kappa shape index (κ3) is 2.70. The van der Waals surface area contributed by atoms with Crippen LogP contribution in [0.15, 0.2) is 18.2 Å². The van der Waals surface area contributed by atoms with Gasteiger partial charge in [-0.05, 0) is 23.8 Å². The van der Waals surface area contributed by atoms with E-state index in [0.717, 1.165) is 18.2 Å². The summed E-state index contributed by atoms with van der Waals surface area (Å²) in [4.78, 5) is 0. The Morgan fingerprint density at radius 2 is 1.86 bits per heavy atom. The molecule has 1 rings (SSSR count). The topological polar surface area (TPSA) is 26.0 Å². The Labute approximate surface area is 78.5 Å². The van der Waals surface area contributed by atoms with Gasteiger partial charge in [-0.2, -0.15) is 0 Å². The lowest BCUT2D eigenvalue weighted by molar-refractivity contribution is 0.0106. The van der Waals surface area contributed by atoms with Gasteiger partial charge in [0.25, 0.3) is 5.92 Å². The van der Waals surface area contributed by atoms with Gasteiger partial charge in [0.05, 0.1) is 6.54 Å². The van der Waals surface area contributed by atoms with Gasteiger partial charge in [0.15, 0.2) is 0 Å². The molecular formula is C9H9F4N. The summed E-state index contributed by atoms with van der Waals surface area (Å²) in [5, 5.41) is 0. The van der Waals surface area contributed by atoms with E-state index in [2.05, 4.69) is 0 Å². The lowest BCUT2D eigenvalue weighted by atomic mass is 10.1. The molecule has 0 unspecified atom stereocenters. The second-order valence-electron chi connectivity index (χ2n) is 2.97. The average molecular weight is 207 g/mol. The van der Waals surface area contributed by atoms with E-state index in [1.165, 1.54) is 0 Å². The second kappa shape index (κ2) is 3.96. The predicted molar refractivity (Wildman–Crippen MR) is 44.1 cm³/mol. The molecule has 0 aromatic heterocycles. The minimum absolute atomic E-state index is 0.361. The van der Waals surface area contributed by atoms with Crippen molar-refractivity contribution in [2.24, 2.45) is 5.73 Å². The average Bonchev–Trinajstić information content (AvgIpc) is 2.11. The molecule has 14 heavy (non-hydrogen) atoms. The Morgan fingerprint density at radius 3 is 2.43 bits per heavy atom. The van der Waals surface area contributed by atoms with Crippen LogP contribution in [0.5, 0.6) is 0 Å².